The number of imide groups is 1. The Labute approximate surface area is 153 Å². The van der Waals surface area contributed by atoms with Crippen LogP contribution in [0.3, 0.4) is 0 Å². The molecule has 0 unspecified atom stereocenters. The van der Waals surface area contributed by atoms with Gasteiger partial charge < -0.3 is 4.74 Å². The lowest BCUT2D eigenvalue weighted by molar-refractivity contribution is -0.170. The standard InChI is InChI=1S/C14H11Cl2F6NO3/c1-12(2,3)26-11(25)23(10(24)14(20,21)22)9-7(15)4-6(5-8(9)16)13(17,18)19/h4-5H,1-3H3. The fourth-order valence-electron chi connectivity index (χ4n) is 1.65. The number of carbonyl (C=O) groups is 2. The molecule has 0 aliphatic carbocycles. The van der Waals surface area contributed by atoms with Gasteiger partial charge in [0.25, 0.3) is 0 Å². The number of nitrogens with zero attached hydrogens (tertiary/aromatic N) is 1. The molecule has 0 aliphatic heterocycles. The lowest BCUT2D eigenvalue weighted by Crippen LogP contribution is -2.47. The number of ether oxygens (including phenoxy) is 1. The fourth-order valence-corrected chi connectivity index (χ4v) is 2.31. The molecule has 0 aliphatic rings. The van der Waals surface area contributed by atoms with E-state index in [1.54, 1.807) is 0 Å². The summed E-state index contributed by atoms with van der Waals surface area (Å²) < 4.78 is 81.5. The zero-order valence-corrected chi connectivity index (χ0v) is 14.9. The predicted molar refractivity (Wildman–Crippen MR) is 81.2 cm³/mol. The minimum Gasteiger partial charge on any atom is -0.443 e. The zero-order chi connectivity index (χ0) is 20.7. The van der Waals surface area contributed by atoms with E-state index in [2.05, 4.69) is 0 Å². The maximum atomic E-state index is 12.8. The Morgan fingerprint density at radius 2 is 1.38 bits per heavy atom. The number of alkyl halides is 6. The van der Waals surface area contributed by atoms with Crippen LogP contribution in [0.2, 0.25) is 10.0 Å². The highest BCUT2D eigenvalue weighted by Crippen LogP contribution is 2.41. The first-order valence-corrected chi connectivity index (χ1v) is 7.41. The van der Waals surface area contributed by atoms with E-state index in [1.807, 2.05) is 0 Å². The summed E-state index contributed by atoms with van der Waals surface area (Å²) in [6.07, 6.45) is -12.3. The van der Waals surface area contributed by atoms with Gasteiger partial charge in [0.1, 0.15) is 5.60 Å². The van der Waals surface area contributed by atoms with E-state index < -0.39 is 56.2 Å². The SMILES string of the molecule is CC(C)(C)OC(=O)N(C(=O)C(F)(F)F)c1c(Cl)cc(C(F)(F)F)cc1Cl. The number of hydrogen-bond donors (Lipinski definition) is 0. The van der Waals surface area contributed by atoms with Crippen molar-refractivity contribution in [2.45, 2.75) is 38.7 Å². The highest BCUT2D eigenvalue weighted by molar-refractivity contribution is 6.41. The van der Waals surface area contributed by atoms with Gasteiger partial charge in [0, 0.05) is 0 Å². The molecular formula is C14H11Cl2F6NO3. The monoisotopic (exact) mass is 425 g/mol. The van der Waals surface area contributed by atoms with Crippen molar-refractivity contribution in [2.75, 3.05) is 4.90 Å². The van der Waals surface area contributed by atoms with Crippen LogP contribution in [0.5, 0.6) is 0 Å². The molecule has 12 heteroatoms. The van der Waals surface area contributed by atoms with E-state index >= 15 is 0 Å². The van der Waals surface area contributed by atoms with Crippen LogP contribution < -0.4 is 4.90 Å². The number of carbonyl (C=O) groups excluding carboxylic acids is 2. The number of benzene rings is 1. The van der Waals surface area contributed by atoms with Crippen molar-refractivity contribution in [1.82, 2.24) is 0 Å². The first-order chi connectivity index (χ1) is 11.4. The van der Waals surface area contributed by atoms with Crippen molar-refractivity contribution >= 4 is 40.9 Å². The summed E-state index contributed by atoms with van der Waals surface area (Å²) in [6, 6.07) is 0.480. The van der Waals surface area contributed by atoms with E-state index in [1.165, 1.54) is 20.8 Å². The largest absolute Gasteiger partial charge is 0.472 e. The summed E-state index contributed by atoms with van der Waals surface area (Å²) in [5.41, 5.74) is -3.76. The molecule has 0 aromatic heterocycles. The number of anilines is 1. The molecule has 0 atom stereocenters. The molecule has 146 valence electrons. The lowest BCUT2D eigenvalue weighted by Gasteiger charge is -2.28. The van der Waals surface area contributed by atoms with Crippen LogP contribution in [0.15, 0.2) is 12.1 Å². The fraction of sp³-hybridized carbons (Fsp3) is 0.429. The Morgan fingerprint density at radius 1 is 0.962 bits per heavy atom. The summed E-state index contributed by atoms with van der Waals surface area (Å²) in [5, 5.41) is -1.98. The van der Waals surface area contributed by atoms with Crippen molar-refractivity contribution in [3.05, 3.63) is 27.7 Å². The highest BCUT2D eigenvalue weighted by atomic mass is 35.5. The quantitative estimate of drug-likeness (QED) is 0.530. The van der Waals surface area contributed by atoms with Crippen LogP contribution in [-0.2, 0) is 15.7 Å². The Kier molecular flexibility index (Phi) is 6.15. The first-order valence-electron chi connectivity index (χ1n) is 6.65. The van der Waals surface area contributed by atoms with Gasteiger partial charge in [-0.2, -0.15) is 26.3 Å². The van der Waals surface area contributed by atoms with Crippen LogP contribution in [0.4, 0.5) is 36.8 Å². The molecule has 0 fully saturated rings. The topological polar surface area (TPSA) is 46.6 Å². The minimum atomic E-state index is -5.55. The maximum absolute atomic E-state index is 12.8. The third-order valence-electron chi connectivity index (χ3n) is 2.59. The van der Waals surface area contributed by atoms with Crippen LogP contribution in [-0.4, -0.2) is 23.8 Å². The molecule has 1 aromatic rings. The Bertz CT molecular complexity index is 702. The van der Waals surface area contributed by atoms with E-state index in [9.17, 15) is 35.9 Å². The van der Waals surface area contributed by atoms with Gasteiger partial charge in [0.05, 0.1) is 21.3 Å². The van der Waals surface area contributed by atoms with Crippen molar-refractivity contribution in [1.29, 1.82) is 0 Å². The van der Waals surface area contributed by atoms with Crippen molar-refractivity contribution in [3.8, 4) is 0 Å². The van der Waals surface area contributed by atoms with Gasteiger partial charge in [0.15, 0.2) is 0 Å². The average molecular weight is 426 g/mol. The second-order valence-corrected chi connectivity index (χ2v) is 6.72. The second kappa shape index (κ2) is 7.15. The molecule has 1 aromatic carbocycles. The predicted octanol–water partition coefficient (Wildman–Crippen LogP) is 5.84. The van der Waals surface area contributed by atoms with E-state index in [4.69, 9.17) is 27.9 Å². The molecule has 1 rings (SSSR count). The van der Waals surface area contributed by atoms with Gasteiger partial charge in [0.2, 0.25) is 0 Å². The normalized spacial score (nSPS) is 12.7. The van der Waals surface area contributed by atoms with Gasteiger partial charge in [-0.3, -0.25) is 4.79 Å². The van der Waals surface area contributed by atoms with Crippen molar-refractivity contribution in [3.63, 3.8) is 0 Å². The summed E-state index contributed by atoms with van der Waals surface area (Å²) >= 11 is 11.2. The molecule has 0 spiro atoms. The average Bonchev–Trinajstić information content (AvgIpc) is 2.37. The van der Waals surface area contributed by atoms with Gasteiger partial charge in [-0.15, -0.1) is 0 Å². The Hall–Kier alpha value is -1.68. The third kappa shape index (κ3) is 5.41. The van der Waals surface area contributed by atoms with Crippen LogP contribution in [0.1, 0.15) is 26.3 Å². The minimum absolute atomic E-state index is 0.240. The third-order valence-corrected chi connectivity index (χ3v) is 3.17. The lowest BCUT2D eigenvalue weighted by atomic mass is 10.1. The summed E-state index contributed by atoms with van der Waals surface area (Å²) in [5.74, 6) is -2.73. The molecule has 0 bridgehead atoms. The van der Waals surface area contributed by atoms with Crippen molar-refractivity contribution in [2.24, 2.45) is 0 Å². The van der Waals surface area contributed by atoms with Gasteiger partial charge in [-0.25, -0.2) is 9.69 Å². The molecular weight excluding hydrogens is 415 g/mol. The number of hydrogen-bond acceptors (Lipinski definition) is 3. The highest BCUT2D eigenvalue weighted by Gasteiger charge is 2.48. The molecule has 2 amide bonds. The van der Waals surface area contributed by atoms with Gasteiger partial charge >= 0.3 is 24.4 Å². The molecule has 0 radical (unpaired) electrons. The van der Waals surface area contributed by atoms with E-state index in [0.29, 0.717) is 0 Å². The molecule has 4 nitrogen and oxygen atoms in total. The number of halogens is 8. The van der Waals surface area contributed by atoms with E-state index in [-0.39, 0.29) is 12.1 Å². The first kappa shape index (κ1) is 22.4. The van der Waals surface area contributed by atoms with E-state index in [0.717, 1.165) is 0 Å². The molecule has 0 heterocycles. The van der Waals surface area contributed by atoms with Crippen LogP contribution in [0.25, 0.3) is 0 Å². The summed E-state index contributed by atoms with van der Waals surface area (Å²) in [6.45, 7) is 3.91. The smallest absolute Gasteiger partial charge is 0.443 e. The molecule has 0 N–H and O–H groups in total. The molecule has 26 heavy (non-hydrogen) atoms. The maximum Gasteiger partial charge on any atom is 0.472 e. The molecule has 0 saturated heterocycles. The van der Waals surface area contributed by atoms with Crippen LogP contribution in [0, 0.1) is 0 Å². The Balaban J connectivity index is 3.58. The number of rotatable bonds is 1. The Morgan fingerprint density at radius 3 is 1.69 bits per heavy atom. The molecule has 0 saturated carbocycles. The van der Waals surface area contributed by atoms with Gasteiger partial charge in [-0.05, 0) is 32.9 Å². The zero-order valence-electron chi connectivity index (χ0n) is 13.4. The number of amides is 2. The van der Waals surface area contributed by atoms with Gasteiger partial charge in [-0.1, -0.05) is 23.2 Å². The second-order valence-electron chi connectivity index (χ2n) is 5.90. The summed E-state index contributed by atoms with van der Waals surface area (Å²) in [4.78, 5) is 23.2. The summed E-state index contributed by atoms with van der Waals surface area (Å²) in [7, 11) is 0. The van der Waals surface area contributed by atoms with Crippen LogP contribution >= 0.6 is 23.2 Å². The van der Waals surface area contributed by atoms with Crippen molar-refractivity contribution < 1.29 is 40.7 Å².